The minimum Gasteiger partial charge on any atom is -0.300 e. The third-order valence-corrected chi connectivity index (χ3v) is 5.52. The van der Waals surface area contributed by atoms with E-state index in [-0.39, 0.29) is 23.5 Å². The number of aromatic nitrogens is 1. The molecule has 1 heterocycles. The predicted molar refractivity (Wildman–Crippen MR) is 102 cm³/mol. The molecule has 1 aliphatic carbocycles. The molecule has 0 radical (unpaired) electrons. The summed E-state index contributed by atoms with van der Waals surface area (Å²) in [5, 5.41) is 2.66. The van der Waals surface area contributed by atoms with Crippen LogP contribution in [0.25, 0.3) is 11.3 Å². The SMILES string of the molecule is C=CCN(C(=O)[C@@H]1CCC(=O)C[C@H]1C)c1nc(-c2ccccc2)cs1. The average molecular weight is 354 g/mol. The van der Waals surface area contributed by atoms with Crippen molar-refractivity contribution in [3.8, 4) is 11.3 Å². The lowest BCUT2D eigenvalue weighted by atomic mass is 9.79. The van der Waals surface area contributed by atoms with Gasteiger partial charge in [0.2, 0.25) is 5.91 Å². The fraction of sp³-hybridized carbons (Fsp3) is 0.350. The molecule has 1 aromatic heterocycles. The van der Waals surface area contributed by atoms with Crippen LogP contribution in [0.4, 0.5) is 5.13 Å². The zero-order valence-corrected chi connectivity index (χ0v) is 15.2. The average Bonchev–Trinajstić information content (AvgIpc) is 3.09. The summed E-state index contributed by atoms with van der Waals surface area (Å²) in [6.45, 7) is 6.20. The molecular formula is C20H22N2O2S. The van der Waals surface area contributed by atoms with Crippen molar-refractivity contribution >= 4 is 28.2 Å². The van der Waals surface area contributed by atoms with Gasteiger partial charge < -0.3 is 0 Å². The largest absolute Gasteiger partial charge is 0.300 e. The molecule has 0 unspecified atom stereocenters. The van der Waals surface area contributed by atoms with Gasteiger partial charge in [-0.15, -0.1) is 17.9 Å². The summed E-state index contributed by atoms with van der Waals surface area (Å²) in [5.74, 6) is 0.262. The molecule has 1 fully saturated rings. The third kappa shape index (κ3) is 3.87. The summed E-state index contributed by atoms with van der Waals surface area (Å²) >= 11 is 1.47. The Morgan fingerprint density at radius 1 is 1.40 bits per heavy atom. The number of hydrogen-bond donors (Lipinski definition) is 0. The van der Waals surface area contributed by atoms with E-state index in [4.69, 9.17) is 0 Å². The highest BCUT2D eigenvalue weighted by Crippen LogP contribution is 2.33. The topological polar surface area (TPSA) is 50.3 Å². The van der Waals surface area contributed by atoms with Crippen molar-refractivity contribution in [1.29, 1.82) is 0 Å². The van der Waals surface area contributed by atoms with Crippen LogP contribution in [0.1, 0.15) is 26.2 Å². The predicted octanol–water partition coefficient (Wildman–Crippen LogP) is 4.33. The maximum Gasteiger partial charge on any atom is 0.232 e. The van der Waals surface area contributed by atoms with Gasteiger partial charge in [0.25, 0.3) is 0 Å². The fourth-order valence-corrected chi connectivity index (χ4v) is 4.14. The van der Waals surface area contributed by atoms with Crippen LogP contribution < -0.4 is 4.90 Å². The number of hydrogen-bond acceptors (Lipinski definition) is 4. The van der Waals surface area contributed by atoms with Crippen LogP contribution in [-0.4, -0.2) is 23.2 Å². The van der Waals surface area contributed by atoms with Gasteiger partial charge in [0, 0.05) is 36.2 Å². The Kier molecular flexibility index (Phi) is 5.43. The molecular weight excluding hydrogens is 332 g/mol. The van der Waals surface area contributed by atoms with Gasteiger partial charge in [0.15, 0.2) is 5.13 Å². The molecule has 5 heteroatoms. The summed E-state index contributed by atoms with van der Waals surface area (Å²) in [4.78, 5) is 31.1. The van der Waals surface area contributed by atoms with E-state index in [0.717, 1.165) is 11.3 Å². The maximum atomic E-state index is 13.1. The van der Waals surface area contributed by atoms with E-state index in [9.17, 15) is 9.59 Å². The molecule has 0 bridgehead atoms. The van der Waals surface area contributed by atoms with Crippen molar-refractivity contribution in [3.63, 3.8) is 0 Å². The second-order valence-electron chi connectivity index (χ2n) is 6.48. The molecule has 1 saturated carbocycles. The standard InChI is InChI=1S/C20H22N2O2S/c1-3-11-22(19(24)17-10-9-16(23)12-14(17)2)20-21-18(13-25-20)15-7-5-4-6-8-15/h3-8,13-14,17H,1,9-12H2,2H3/t14-,17-/m1/s1. The maximum absolute atomic E-state index is 13.1. The van der Waals surface area contributed by atoms with E-state index >= 15 is 0 Å². The molecule has 0 spiro atoms. The molecule has 4 nitrogen and oxygen atoms in total. The van der Waals surface area contributed by atoms with Crippen LogP contribution in [0.2, 0.25) is 0 Å². The Balaban J connectivity index is 1.84. The summed E-state index contributed by atoms with van der Waals surface area (Å²) in [5.41, 5.74) is 1.90. The Hall–Kier alpha value is -2.27. The molecule has 1 aliphatic rings. The monoisotopic (exact) mass is 354 g/mol. The van der Waals surface area contributed by atoms with E-state index in [2.05, 4.69) is 11.6 Å². The molecule has 2 atom stereocenters. The fourth-order valence-electron chi connectivity index (χ4n) is 3.29. The zero-order chi connectivity index (χ0) is 17.8. The smallest absolute Gasteiger partial charge is 0.232 e. The molecule has 0 saturated heterocycles. The van der Waals surface area contributed by atoms with Crippen molar-refractivity contribution in [2.24, 2.45) is 11.8 Å². The zero-order valence-electron chi connectivity index (χ0n) is 14.4. The lowest BCUT2D eigenvalue weighted by molar-refractivity contribution is -0.129. The van der Waals surface area contributed by atoms with Crippen molar-refractivity contribution in [3.05, 3.63) is 48.4 Å². The van der Waals surface area contributed by atoms with Gasteiger partial charge in [-0.2, -0.15) is 0 Å². The highest BCUT2D eigenvalue weighted by atomic mass is 32.1. The third-order valence-electron chi connectivity index (χ3n) is 4.66. The van der Waals surface area contributed by atoms with Gasteiger partial charge in [-0.05, 0) is 12.3 Å². The van der Waals surface area contributed by atoms with Gasteiger partial charge in [0.1, 0.15) is 5.78 Å². The number of amides is 1. The van der Waals surface area contributed by atoms with Gasteiger partial charge >= 0.3 is 0 Å². The second kappa shape index (κ2) is 7.74. The second-order valence-corrected chi connectivity index (χ2v) is 7.32. The van der Waals surface area contributed by atoms with Crippen LogP contribution in [0.3, 0.4) is 0 Å². The summed E-state index contributed by atoms with van der Waals surface area (Å²) in [6.07, 6.45) is 3.34. The lowest BCUT2D eigenvalue weighted by Crippen LogP contribution is -2.41. The number of rotatable bonds is 5. The van der Waals surface area contributed by atoms with Crippen LogP contribution in [0.15, 0.2) is 48.4 Å². The molecule has 1 amide bonds. The number of thiazole rings is 1. The molecule has 130 valence electrons. The first-order valence-corrected chi connectivity index (χ1v) is 9.43. The van der Waals surface area contributed by atoms with Crippen LogP contribution >= 0.6 is 11.3 Å². The Morgan fingerprint density at radius 2 is 2.16 bits per heavy atom. The van der Waals surface area contributed by atoms with Gasteiger partial charge in [-0.3, -0.25) is 14.5 Å². The number of carbonyl (C=O) groups is 2. The highest BCUT2D eigenvalue weighted by molar-refractivity contribution is 7.14. The van der Waals surface area contributed by atoms with Crippen LogP contribution in [0.5, 0.6) is 0 Å². The molecule has 2 aromatic rings. The van der Waals surface area contributed by atoms with E-state index < -0.39 is 0 Å². The van der Waals surface area contributed by atoms with E-state index in [1.807, 2.05) is 42.6 Å². The first-order chi connectivity index (χ1) is 12.1. The quantitative estimate of drug-likeness (QED) is 0.751. The van der Waals surface area contributed by atoms with E-state index in [1.54, 1.807) is 11.0 Å². The molecule has 0 N–H and O–H groups in total. The first kappa shape index (κ1) is 17.5. The van der Waals surface area contributed by atoms with Crippen molar-refractivity contribution in [1.82, 2.24) is 4.98 Å². The number of anilines is 1. The van der Waals surface area contributed by atoms with Gasteiger partial charge in [-0.25, -0.2) is 4.98 Å². The minimum absolute atomic E-state index is 0.0499. The summed E-state index contributed by atoms with van der Waals surface area (Å²) in [6, 6.07) is 9.93. The molecule has 0 aliphatic heterocycles. The van der Waals surface area contributed by atoms with Crippen molar-refractivity contribution < 1.29 is 9.59 Å². The summed E-state index contributed by atoms with van der Waals surface area (Å²) in [7, 11) is 0. The van der Waals surface area contributed by atoms with Crippen LogP contribution in [0, 0.1) is 11.8 Å². The Labute approximate surface area is 152 Å². The number of benzene rings is 1. The van der Waals surface area contributed by atoms with Crippen LogP contribution in [-0.2, 0) is 9.59 Å². The molecule has 3 rings (SSSR count). The number of Topliss-reactive ketones (excluding diaryl/α,β-unsaturated/α-hetero) is 1. The normalized spacial score (nSPS) is 20.3. The Bertz CT molecular complexity index is 769. The van der Waals surface area contributed by atoms with E-state index in [0.29, 0.717) is 30.9 Å². The number of nitrogens with zero attached hydrogens (tertiary/aromatic N) is 2. The van der Waals surface area contributed by atoms with Crippen molar-refractivity contribution in [2.45, 2.75) is 26.2 Å². The van der Waals surface area contributed by atoms with E-state index in [1.165, 1.54) is 11.3 Å². The van der Waals surface area contributed by atoms with Gasteiger partial charge in [-0.1, -0.05) is 43.3 Å². The van der Waals surface area contributed by atoms with Gasteiger partial charge in [0.05, 0.1) is 5.69 Å². The minimum atomic E-state index is -0.123. The van der Waals surface area contributed by atoms with Crippen molar-refractivity contribution in [2.75, 3.05) is 11.4 Å². The number of ketones is 1. The Morgan fingerprint density at radius 3 is 2.84 bits per heavy atom. The molecule has 1 aromatic carbocycles. The summed E-state index contributed by atoms with van der Waals surface area (Å²) < 4.78 is 0. The number of carbonyl (C=O) groups excluding carboxylic acids is 2. The lowest BCUT2D eigenvalue weighted by Gasteiger charge is -2.31. The molecule has 25 heavy (non-hydrogen) atoms. The first-order valence-electron chi connectivity index (χ1n) is 8.55. The highest BCUT2D eigenvalue weighted by Gasteiger charge is 2.35.